The van der Waals surface area contributed by atoms with Gasteiger partial charge in [0.1, 0.15) is 5.54 Å². The lowest BCUT2D eigenvalue weighted by atomic mass is 9.93. The Morgan fingerprint density at radius 1 is 1.00 bits per heavy atom. The summed E-state index contributed by atoms with van der Waals surface area (Å²) in [6.07, 6.45) is 0.393. The molecule has 0 spiro atoms. The van der Waals surface area contributed by atoms with Gasteiger partial charge in [0.25, 0.3) is 0 Å². The fourth-order valence-corrected chi connectivity index (χ4v) is 3.07. The Bertz CT molecular complexity index is 892. The third-order valence-corrected chi connectivity index (χ3v) is 5.09. The minimum absolute atomic E-state index is 0.184. The second-order valence-electron chi connectivity index (χ2n) is 7.37. The molecular formula is C23H29N3O3. The van der Waals surface area contributed by atoms with Gasteiger partial charge in [-0.1, -0.05) is 42.8 Å². The predicted molar refractivity (Wildman–Crippen MR) is 116 cm³/mol. The second kappa shape index (κ2) is 9.37. The molecule has 3 amide bonds. The van der Waals surface area contributed by atoms with Gasteiger partial charge in [0, 0.05) is 18.3 Å². The van der Waals surface area contributed by atoms with Crippen molar-refractivity contribution in [3.8, 4) is 0 Å². The number of aryl methyl sites for hydroxylation is 2. The molecule has 6 heteroatoms. The number of hydrogen-bond acceptors (Lipinski definition) is 3. The molecule has 2 rings (SSSR count). The fraction of sp³-hybridized carbons (Fsp3) is 0.348. The summed E-state index contributed by atoms with van der Waals surface area (Å²) < 4.78 is 0. The topological polar surface area (TPSA) is 78.5 Å². The van der Waals surface area contributed by atoms with E-state index in [4.69, 9.17) is 0 Å². The number of hydrogen-bond donors (Lipinski definition) is 2. The normalized spacial score (nSPS) is 12.6. The van der Waals surface area contributed by atoms with E-state index in [1.165, 1.54) is 11.8 Å². The predicted octanol–water partition coefficient (Wildman–Crippen LogP) is 3.58. The number of anilines is 2. The Kier molecular flexibility index (Phi) is 7.15. The van der Waals surface area contributed by atoms with Gasteiger partial charge in [0.15, 0.2) is 0 Å². The van der Waals surface area contributed by atoms with Crippen LogP contribution in [0, 0.1) is 13.8 Å². The minimum atomic E-state index is -1.15. The van der Waals surface area contributed by atoms with Crippen LogP contribution in [0.3, 0.4) is 0 Å². The number of carbonyl (C=O) groups is 3. The van der Waals surface area contributed by atoms with Gasteiger partial charge < -0.3 is 10.6 Å². The smallest absolute Gasteiger partial charge is 0.250 e. The lowest BCUT2D eigenvalue weighted by Gasteiger charge is -2.39. The Hall–Kier alpha value is -3.15. The number of amides is 3. The lowest BCUT2D eigenvalue weighted by molar-refractivity contribution is -0.127. The first-order valence-corrected chi connectivity index (χ1v) is 9.70. The molecular weight excluding hydrogens is 366 g/mol. The molecule has 0 aromatic heterocycles. The molecule has 1 atom stereocenters. The zero-order valence-electron chi connectivity index (χ0n) is 17.7. The van der Waals surface area contributed by atoms with E-state index in [2.05, 4.69) is 10.6 Å². The van der Waals surface area contributed by atoms with Gasteiger partial charge in [-0.15, -0.1) is 0 Å². The molecule has 0 fully saturated rings. The second-order valence-corrected chi connectivity index (χ2v) is 7.37. The molecule has 0 heterocycles. The number of benzene rings is 2. The summed E-state index contributed by atoms with van der Waals surface area (Å²) in [5, 5.41) is 5.50. The van der Waals surface area contributed by atoms with E-state index in [-0.39, 0.29) is 24.3 Å². The fourth-order valence-electron chi connectivity index (χ4n) is 3.07. The van der Waals surface area contributed by atoms with E-state index in [0.29, 0.717) is 17.8 Å². The van der Waals surface area contributed by atoms with Gasteiger partial charge >= 0.3 is 0 Å². The summed E-state index contributed by atoms with van der Waals surface area (Å²) in [5.41, 5.74) is 2.15. The largest absolute Gasteiger partial charge is 0.347 e. The Balaban J connectivity index is 2.44. The van der Waals surface area contributed by atoms with Gasteiger partial charge in [-0.05, 0) is 51.0 Å². The lowest BCUT2D eigenvalue weighted by Crippen LogP contribution is -2.59. The summed E-state index contributed by atoms with van der Waals surface area (Å²) in [6, 6.07) is 14.9. The van der Waals surface area contributed by atoms with Crippen molar-refractivity contribution >= 4 is 29.1 Å². The van der Waals surface area contributed by atoms with Gasteiger partial charge in [0.05, 0.1) is 6.54 Å². The van der Waals surface area contributed by atoms with Crippen LogP contribution in [0.1, 0.15) is 38.3 Å². The third kappa shape index (κ3) is 5.22. The van der Waals surface area contributed by atoms with Crippen LogP contribution in [0.15, 0.2) is 48.5 Å². The zero-order valence-corrected chi connectivity index (χ0v) is 17.7. The van der Waals surface area contributed by atoms with E-state index in [1.807, 2.05) is 69.3 Å². The molecule has 0 bridgehead atoms. The van der Waals surface area contributed by atoms with Crippen LogP contribution in [0.25, 0.3) is 0 Å². The highest BCUT2D eigenvalue weighted by Gasteiger charge is 2.41. The van der Waals surface area contributed by atoms with E-state index in [9.17, 15) is 14.4 Å². The molecule has 0 unspecified atom stereocenters. The van der Waals surface area contributed by atoms with Gasteiger partial charge in [-0.25, -0.2) is 0 Å². The van der Waals surface area contributed by atoms with Crippen molar-refractivity contribution < 1.29 is 14.4 Å². The summed E-state index contributed by atoms with van der Waals surface area (Å²) in [5.74, 6) is -0.941. The van der Waals surface area contributed by atoms with Crippen molar-refractivity contribution in [1.82, 2.24) is 5.32 Å². The summed E-state index contributed by atoms with van der Waals surface area (Å²) >= 11 is 0. The van der Waals surface area contributed by atoms with Crippen LogP contribution in [-0.2, 0) is 14.4 Å². The molecule has 0 saturated carbocycles. The molecule has 2 aromatic carbocycles. The third-order valence-electron chi connectivity index (χ3n) is 5.09. The van der Waals surface area contributed by atoms with Crippen LogP contribution in [0.4, 0.5) is 11.4 Å². The van der Waals surface area contributed by atoms with Crippen molar-refractivity contribution in [2.24, 2.45) is 0 Å². The van der Waals surface area contributed by atoms with Crippen LogP contribution in [0.5, 0.6) is 0 Å². The highest BCUT2D eigenvalue weighted by molar-refractivity contribution is 6.08. The molecule has 0 saturated heterocycles. The zero-order chi connectivity index (χ0) is 21.6. The molecule has 0 radical (unpaired) electrons. The van der Waals surface area contributed by atoms with Gasteiger partial charge in [-0.3, -0.25) is 19.3 Å². The molecule has 0 aliphatic carbocycles. The number of carbonyl (C=O) groups excluding carboxylic acids is 3. The van der Waals surface area contributed by atoms with Crippen LogP contribution < -0.4 is 15.5 Å². The Morgan fingerprint density at radius 3 is 2.17 bits per heavy atom. The summed E-state index contributed by atoms with van der Waals surface area (Å²) in [4.78, 5) is 39.2. The Labute approximate surface area is 172 Å². The Morgan fingerprint density at radius 2 is 1.62 bits per heavy atom. The van der Waals surface area contributed by atoms with Gasteiger partial charge in [0.2, 0.25) is 17.7 Å². The average Bonchev–Trinajstić information content (AvgIpc) is 2.69. The number of rotatable bonds is 7. The number of nitrogens with zero attached hydrogens (tertiary/aromatic N) is 1. The highest BCUT2D eigenvalue weighted by atomic mass is 16.2. The van der Waals surface area contributed by atoms with Gasteiger partial charge in [-0.2, -0.15) is 0 Å². The van der Waals surface area contributed by atoms with E-state index >= 15 is 0 Å². The van der Waals surface area contributed by atoms with Crippen molar-refractivity contribution in [3.05, 3.63) is 59.7 Å². The summed E-state index contributed by atoms with van der Waals surface area (Å²) in [7, 11) is 0. The molecule has 0 aliphatic rings. The number of nitrogens with one attached hydrogen (secondary N) is 2. The molecule has 29 heavy (non-hydrogen) atoms. The first kappa shape index (κ1) is 22.1. The standard InChI is InChI=1S/C23H29N3O3/c1-6-23(5,22(29)25-20-10-8-7-9-17(20)3)26(21(28)15-24-18(4)27)19-13-11-16(2)12-14-19/h7-14H,6,15H2,1-5H3,(H,24,27)(H,25,29)/t23-/m1/s1. The molecule has 0 aliphatic heterocycles. The first-order valence-electron chi connectivity index (χ1n) is 9.70. The minimum Gasteiger partial charge on any atom is -0.347 e. The SMILES string of the molecule is CC[C@](C)(C(=O)Nc1ccccc1C)N(C(=O)CNC(C)=O)c1ccc(C)cc1. The molecule has 2 N–H and O–H groups in total. The maximum Gasteiger partial charge on any atom is 0.250 e. The van der Waals surface area contributed by atoms with Crippen LogP contribution in [0.2, 0.25) is 0 Å². The average molecular weight is 396 g/mol. The molecule has 6 nitrogen and oxygen atoms in total. The molecule has 2 aromatic rings. The van der Waals surface area contributed by atoms with E-state index in [0.717, 1.165) is 11.1 Å². The maximum atomic E-state index is 13.3. The van der Waals surface area contributed by atoms with Crippen molar-refractivity contribution in [2.75, 3.05) is 16.8 Å². The summed E-state index contributed by atoms with van der Waals surface area (Å²) in [6.45, 7) is 8.65. The highest BCUT2D eigenvalue weighted by Crippen LogP contribution is 2.29. The maximum absolute atomic E-state index is 13.3. The van der Waals surface area contributed by atoms with E-state index in [1.54, 1.807) is 6.92 Å². The number of para-hydroxylation sites is 1. The quantitative estimate of drug-likeness (QED) is 0.752. The van der Waals surface area contributed by atoms with Crippen molar-refractivity contribution in [2.45, 2.75) is 46.6 Å². The van der Waals surface area contributed by atoms with Crippen LogP contribution >= 0.6 is 0 Å². The monoisotopic (exact) mass is 395 g/mol. The first-order chi connectivity index (χ1) is 13.7. The van der Waals surface area contributed by atoms with Crippen molar-refractivity contribution in [1.29, 1.82) is 0 Å². The van der Waals surface area contributed by atoms with Crippen molar-refractivity contribution in [3.63, 3.8) is 0 Å². The molecule has 154 valence electrons. The van der Waals surface area contributed by atoms with Crippen LogP contribution in [-0.4, -0.2) is 29.8 Å². The van der Waals surface area contributed by atoms with E-state index < -0.39 is 5.54 Å².